The van der Waals surface area contributed by atoms with Gasteiger partial charge in [0.15, 0.2) is 0 Å². The van der Waals surface area contributed by atoms with Crippen molar-refractivity contribution in [3.05, 3.63) is 40.5 Å². The van der Waals surface area contributed by atoms with E-state index in [0.29, 0.717) is 10.7 Å². The smallest absolute Gasteiger partial charge is 0.241 e. The second kappa shape index (κ2) is 5.34. The summed E-state index contributed by atoms with van der Waals surface area (Å²) in [6, 6.07) is 2.00. The van der Waals surface area contributed by atoms with Crippen LogP contribution in [0.4, 0.5) is 0 Å². The lowest BCUT2D eigenvalue weighted by Crippen LogP contribution is -2.26. The molecule has 0 aliphatic heterocycles. The third-order valence-corrected chi connectivity index (χ3v) is 5.13. The summed E-state index contributed by atoms with van der Waals surface area (Å²) in [5.41, 5.74) is 3.48. The van der Waals surface area contributed by atoms with E-state index >= 15 is 0 Å². The molecule has 6 nitrogen and oxygen atoms in total. The molecule has 2 aromatic rings. The topological polar surface area (TPSA) is 87.7 Å². The van der Waals surface area contributed by atoms with Crippen molar-refractivity contribution in [2.75, 3.05) is 0 Å². The Labute approximate surface area is 118 Å². The van der Waals surface area contributed by atoms with Crippen molar-refractivity contribution in [2.45, 2.75) is 39.1 Å². The third kappa shape index (κ3) is 2.73. The molecule has 0 radical (unpaired) electrons. The Bertz CT molecular complexity index is 695. The fourth-order valence-corrected chi connectivity index (χ4v) is 3.73. The van der Waals surface area contributed by atoms with Crippen molar-refractivity contribution in [3.8, 4) is 0 Å². The quantitative estimate of drug-likeness (QED) is 0.895. The summed E-state index contributed by atoms with van der Waals surface area (Å²) in [5.74, 6) is 0.480. The van der Waals surface area contributed by atoms with Crippen molar-refractivity contribution in [3.63, 3.8) is 0 Å². The average molecular weight is 294 g/mol. The number of aryl methyl sites for hydroxylation is 2. The minimum atomic E-state index is -3.58. The SMILES string of the molecule is Cc1cc(C)c(C)c(S(=O)(=O)NCc2ncn[nH]2)c1C. The van der Waals surface area contributed by atoms with Gasteiger partial charge in [-0.25, -0.2) is 18.1 Å². The van der Waals surface area contributed by atoms with Crippen LogP contribution in [0, 0.1) is 27.7 Å². The molecule has 0 saturated heterocycles. The van der Waals surface area contributed by atoms with Gasteiger partial charge >= 0.3 is 0 Å². The van der Waals surface area contributed by atoms with E-state index in [0.717, 1.165) is 22.3 Å². The maximum absolute atomic E-state index is 12.5. The highest BCUT2D eigenvalue weighted by atomic mass is 32.2. The molecule has 0 bridgehead atoms. The Morgan fingerprint density at radius 1 is 1.15 bits per heavy atom. The van der Waals surface area contributed by atoms with E-state index in [-0.39, 0.29) is 6.54 Å². The second-order valence-electron chi connectivity index (χ2n) is 4.85. The summed E-state index contributed by atoms with van der Waals surface area (Å²) >= 11 is 0. The summed E-state index contributed by atoms with van der Waals surface area (Å²) in [4.78, 5) is 4.26. The molecular weight excluding hydrogens is 276 g/mol. The minimum absolute atomic E-state index is 0.0915. The monoisotopic (exact) mass is 294 g/mol. The van der Waals surface area contributed by atoms with Gasteiger partial charge < -0.3 is 0 Å². The highest BCUT2D eigenvalue weighted by Crippen LogP contribution is 2.25. The van der Waals surface area contributed by atoms with Crippen LogP contribution >= 0.6 is 0 Å². The van der Waals surface area contributed by atoms with E-state index in [9.17, 15) is 8.42 Å². The zero-order valence-corrected chi connectivity index (χ0v) is 12.8. The number of hydrogen-bond donors (Lipinski definition) is 2. The molecule has 0 amide bonds. The zero-order valence-electron chi connectivity index (χ0n) is 12.0. The van der Waals surface area contributed by atoms with Crippen LogP contribution < -0.4 is 4.72 Å². The second-order valence-corrected chi connectivity index (χ2v) is 6.55. The number of H-pyrrole nitrogens is 1. The Hall–Kier alpha value is -1.73. The summed E-state index contributed by atoms with van der Waals surface area (Å²) in [6.45, 7) is 7.57. The summed E-state index contributed by atoms with van der Waals surface area (Å²) < 4.78 is 27.6. The maximum Gasteiger partial charge on any atom is 0.241 e. The third-order valence-electron chi connectivity index (χ3n) is 3.46. The first-order valence-corrected chi connectivity index (χ1v) is 7.72. The Balaban J connectivity index is 2.39. The zero-order chi connectivity index (χ0) is 14.9. The Morgan fingerprint density at radius 3 is 2.25 bits per heavy atom. The summed E-state index contributed by atoms with van der Waals surface area (Å²) in [5, 5.41) is 6.31. The number of sulfonamides is 1. The molecule has 20 heavy (non-hydrogen) atoms. The van der Waals surface area contributed by atoms with Crippen LogP contribution in [-0.2, 0) is 16.6 Å². The molecule has 2 rings (SSSR count). The van der Waals surface area contributed by atoms with Gasteiger partial charge in [-0.15, -0.1) is 0 Å². The molecule has 0 atom stereocenters. The molecule has 0 unspecified atom stereocenters. The minimum Gasteiger partial charge on any atom is -0.262 e. The lowest BCUT2D eigenvalue weighted by Gasteiger charge is -2.15. The Morgan fingerprint density at radius 2 is 1.75 bits per heavy atom. The molecule has 0 aliphatic carbocycles. The van der Waals surface area contributed by atoms with Gasteiger partial charge in [0.05, 0.1) is 11.4 Å². The predicted octanol–water partition coefficient (Wildman–Crippen LogP) is 1.52. The number of nitrogens with one attached hydrogen (secondary N) is 2. The van der Waals surface area contributed by atoms with E-state index in [4.69, 9.17) is 0 Å². The molecule has 1 heterocycles. The molecule has 0 fully saturated rings. The van der Waals surface area contributed by atoms with Crippen LogP contribution in [0.15, 0.2) is 17.3 Å². The normalized spacial score (nSPS) is 11.8. The van der Waals surface area contributed by atoms with Crippen LogP contribution in [0.2, 0.25) is 0 Å². The first kappa shape index (κ1) is 14.7. The molecule has 0 aliphatic rings. The van der Waals surface area contributed by atoms with Gasteiger partial charge in [0.25, 0.3) is 0 Å². The molecule has 1 aromatic carbocycles. The molecule has 0 saturated carbocycles. The van der Waals surface area contributed by atoms with E-state index in [1.807, 2.05) is 33.8 Å². The van der Waals surface area contributed by atoms with Crippen molar-refractivity contribution in [1.29, 1.82) is 0 Å². The van der Waals surface area contributed by atoms with Gasteiger partial charge in [0, 0.05) is 0 Å². The highest BCUT2D eigenvalue weighted by molar-refractivity contribution is 7.89. The molecule has 1 aromatic heterocycles. The van der Waals surface area contributed by atoms with Crippen molar-refractivity contribution in [1.82, 2.24) is 19.9 Å². The van der Waals surface area contributed by atoms with Crippen molar-refractivity contribution < 1.29 is 8.42 Å². The van der Waals surface area contributed by atoms with Gasteiger partial charge in [-0.05, 0) is 49.9 Å². The van der Waals surface area contributed by atoms with E-state index in [1.54, 1.807) is 0 Å². The largest absolute Gasteiger partial charge is 0.262 e. The van der Waals surface area contributed by atoms with E-state index in [2.05, 4.69) is 19.9 Å². The van der Waals surface area contributed by atoms with Gasteiger partial charge in [-0.2, -0.15) is 5.10 Å². The van der Waals surface area contributed by atoms with Gasteiger partial charge in [0.2, 0.25) is 10.0 Å². The summed E-state index contributed by atoms with van der Waals surface area (Å²) in [6.07, 6.45) is 1.34. The van der Waals surface area contributed by atoms with Gasteiger partial charge in [-0.3, -0.25) is 5.10 Å². The van der Waals surface area contributed by atoms with Crippen LogP contribution in [0.25, 0.3) is 0 Å². The van der Waals surface area contributed by atoms with E-state index < -0.39 is 10.0 Å². The first-order chi connectivity index (χ1) is 9.33. The standard InChI is InChI=1S/C13H18N4O2S/c1-8-5-9(2)11(4)13(10(8)3)20(18,19)16-6-12-14-7-15-17-12/h5,7,16H,6H2,1-4H3,(H,14,15,17). The van der Waals surface area contributed by atoms with Crippen molar-refractivity contribution >= 4 is 10.0 Å². The van der Waals surface area contributed by atoms with Crippen LogP contribution in [0.5, 0.6) is 0 Å². The fraction of sp³-hybridized carbons (Fsp3) is 0.385. The molecule has 2 N–H and O–H groups in total. The molecular formula is C13H18N4O2S. The molecule has 0 spiro atoms. The number of aromatic nitrogens is 3. The average Bonchev–Trinajstić information content (AvgIpc) is 2.87. The lowest BCUT2D eigenvalue weighted by atomic mass is 10.0. The summed E-state index contributed by atoms with van der Waals surface area (Å²) in [7, 11) is -3.58. The lowest BCUT2D eigenvalue weighted by molar-refractivity contribution is 0.578. The van der Waals surface area contributed by atoms with Crippen LogP contribution in [0.1, 0.15) is 28.1 Å². The maximum atomic E-state index is 12.5. The fourth-order valence-electron chi connectivity index (χ4n) is 2.14. The van der Waals surface area contributed by atoms with Crippen molar-refractivity contribution in [2.24, 2.45) is 0 Å². The van der Waals surface area contributed by atoms with Gasteiger partial charge in [0.1, 0.15) is 12.2 Å². The molecule has 7 heteroatoms. The number of nitrogens with zero attached hydrogens (tertiary/aromatic N) is 2. The number of hydrogen-bond acceptors (Lipinski definition) is 4. The number of rotatable bonds is 4. The van der Waals surface area contributed by atoms with Gasteiger partial charge in [-0.1, -0.05) is 6.07 Å². The first-order valence-electron chi connectivity index (χ1n) is 6.24. The Kier molecular flexibility index (Phi) is 3.92. The van der Waals surface area contributed by atoms with Crippen LogP contribution in [0.3, 0.4) is 0 Å². The predicted molar refractivity (Wildman–Crippen MR) is 75.8 cm³/mol. The molecule has 108 valence electrons. The number of aromatic amines is 1. The highest BCUT2D eigenvalue weighted by Gasteiger charge is 2.22. The van der Waals surface area contributed by atoms with Crippen LogP contribution in [-0.4, -0.2) is 23.6 Å². The van der Waals surface area contributed by atoms with E-state index in [1.165, 1.54) is 6.33 Å². The number of benzene rings is 1.